The number of methoxy groups -OCH3 is 1. The Morgan fingerprint density at radius 2 is 2.00 bits per heavy atom. The number of benzene rings is 1. The van der Waals surface area contributed by atoms with Crippen molar-refractivity contribution in [3.05, 3.63) is 52.6 Å². The van der Waals surface area contributed by atoms with Crippen LogP contribution in [-0.4, -0.2) is 12.1 Å². The minimum absolute atomic E-state index is 0.736. The zero-order valence-electron chi connectivity index (χ0n) is 9.48. The van der Waals surface area contributed by atoms with Crippen molar-refractivity contribution in [3.63, 3.8) is 0 Å². The number of rotatable bonds is 4. The number of pyridine rings is 1. The molecule has 0 aliphatic carbocycles. The van der Waals surface area contributed by atoms with E-state index >= 15 is 0 Å². The smallest absolute Gasteiger partial charge is 0.140 e. The molecule has 17 heavy (non-hydrogen) atoms. The molecule has 0 radical (unpaired) electrons. The van der Waals surface area contributed by atoms with Gasteiger partial charge in [0.2, 0.25) is 0 Å². The molecule has 2 rings (SSSR count). The van der Waals surface area contributed by atoms with E-state index in [2.05, 4.69) is 26.2 Å². The summed E-state index contributed by atoms with van der Waals surface area (Å²) in [6, 6.07) is 11.8. The van der Waals surface area contributed by atoms with Crippen LogP contribution in [0.1, 0.15) is 5.56 Å². The minimum atomic E-state index is 0.736. The van der Waals surface area contributed by atoms with Crippen LogP contribution in [0.15, 0.2) is 47.1 Å². The molecule has 0 saturated carbocycles. The minimum Gasteiger partial charge on any atom is -0.497 e. The third-order valence-electron chi connectivity index (χ3n) is 2.38. The van der Waals surface area contributed by atoms with Gasteiger partial charge in [-0.3, -0.25) is 0 Å². The fourth-order valence-electron chi connectivity index (χ4n) is 1.44. The molecule has 88 valence electrons. The summed E-state index contributed by atoms with van der Waals surface area (Å²) in [5.41, 5.74) is 1.18. The Labute approximate surface area is 109 Å². The highest BCUT2D eigenvalue weighted by molar-refractivity contribution is 9.10. The van der Waals surface area contributed by atoms with Gasteiger partial charge in [0.1, 0.15) is 11.6 Å². The van der Waals surface area contributed by atoms with Crippen molar-refractivity contribution in [3.8, 4) is 5.75 Å². The van der Waals surface area contributed by atoms with Crippen LogP contribution in [0.25, 0.3) is 0 Å². The van der Waals surface area contributed by atoms with Crippen LogP contribution in [0.4, 0.5) is 5.82 Å². The molecule has 0 aliphatic heterocycles. The molecular formula is C13H13BrN2O. The fourth-order valence-corrected chi connectivity index (χ4v) is 1.84. The van der Waals surface area contributed by atoms with Gasteiger partial charge in [-0.2, -0.15) is 0 Å². The number of hydrogen-bond donors (Lipinski definition) is 1. The maximum atomic E-state index is 5.11. The molecule has 1 aromatic carbocycles. The molecule has 0 atom stereocenters. The van der Waals surface area contributed by atoms with Crippen LogP contribution in [0.3, 0.4) is 0 Å². The molecule has 0 bridgehead atoms. The Hall–Kier alpha value is -1.55. The first-order valence-corrected chi connectivity index (χ1v) is 6.06. The van der Waals surface area contributed by atoms with Crippen LogP contribution >= 0.6 is 15.9 Å². The average molecular weight is 293 g/mol. The Morgan fingerprint density at radius 3 is 2.65 bits per heavy atom. The van der Waals surface area contributed by atoms with Crippen molar-refractivity contribution in [1.82, 2.24) is 4.98 Å². The second-order valence-electron chi connectivity index (χ2n) is 3.54. The van der Waals surface area contributed by atoms with Crippen molar-refractivity contribution < 1.29 is 4.74 Å². The first-order chi connectivity index (χ1) is 8.29. The van der Waals surface area contributed by atoms with Crippen LogP contribution < -0.4 is 10.1 Å². The number of hydrogen-bond acceptors (Lipinski definition) is 3. The van der Waals surface area contributed by atoms with Gasteiger partial charge in [0.05, 0.1) is 11.6 Å². The zero-order valence-corrected chi connectivity index (χ0v) is 11.1. The van der Waals surface area contributed by atoms with E-state index in [1.807, 2.05) is 36.4 Å². The van der Waals surface area contributed by atoms with Gasteiger partial charge in [0, 0.05) is 12.7 Å². The predicted molar refractivity (Wildman–Crippen MR) is 72.3 cm³/mol. The molecule has 3 nitrogen and oxygen atoms in total. The molecule has 0 spiro atoms. The van der Waals surface area contributed by atoms with E-state index in [9.17, 15) is 0 Å². The summed E-state index contributed by atoms with van der Waals surface area (Å²) >= 11 is 3.45. The number of halogens is 1. The Bertz CT molecular complexity index is 485. The lowest BCUT2D eigenvalue weighted by Crippen LogP contribution is -2.01. The highest BCUT2D eigenvalue weighted by Gasteiger charge is 1.99. The first kappa shape index (κ1) is 11.9. The highest BCUT2D eigenvalue weighted by Crippen LogP contribution is 2.19. The molecular weight excluding hydrogens is 280 g/mol. The summed E-state index contributed by atoms with van der Waals surface area (Å²) in [6.45, 7) is 0.736. The number of anilines is 1. The Balaban J connectivity index is 2.00. The molecule has 1 N–H and O–H groups in total. The number of ether oxygens (including phenoxy) is 1. The van der Waals surface area contributed by atoms with Crippen LogP contribution in [-0.2, 0) is 6.54 Å². The van der Waals surface area contributed by atoms with Gasteiger partial charge in [-0.05, 0) is 45.8 Å². The highest BCUT2D eigenvalue weighted by atomic mass is 79.9. The van der Waals surface area contributed by atoms with E-state index in [0.29, 0.717) is 0 Å². The van der Waals surface area contributed by atoms with E-state index in [4.69, 9.17) is 4.74 Å². The lowest BCUT2D eigenvalue weighted by molar-refractivity contribution is 0.414. The third-order valence-corrected chi connectivity index (χ3v) is 3.02. The van der Waals surface area contributed by atoms with Gasteiger partial charge in [-0.1, -0.05) is 12.1 Å². The largest absolute Gasteiger partial charge is 0.497 e. The Kier molecular flexibility index (Phi) is 3.98. The van der Waals surface area contributed by atoms with Gasteiger partial charge < -0.3 is 10.1 Å². The number of nitrogens with one attached hydrogen (secondary N) is 1. The summed E-state index contributed by atoms with van der Waals surface area (Å²) in [6.07, 6.45) is 1.76. The molecule has 4 heteroatoms. The van der Waals surface area contributed by atoms with E-state index in [0.717, 1.165) is 22.6 Å². The lowest BCUT2D eigenvalue weighted by Gasteiger charge is -2.07. The van der Waals surface area contributed by atoms with Crippen molar-refractivity contribution in [1.29, 1.82) is 0 Å². The van der Waals surface area contributed by atoms with E-state index in [1.54, 1.807) is 13.3 Å². The van der Waals surface area contributed by atoms with Crippen LogP contribution in [0, 0.1) is 0 Å². The van der Waals surface area contributed by atoms with Gasteiger partial charge in [0.15, 0.2) is 0 Å². The second kappa shape index (κ2) is 5.68. The normalized spacial score (nSPS) is 10.0. The Morgan fingerprint density at radius 1 is 1.24 bits per heavy atom. The number of aromatic nitrogens is 1. The average Bonchev–Trinajstić information content (AvgIpc) is 2.38. The van der Waals surface area contributed by atoms with E-state index in [1.165, 1.54) is 5.56 Å². The van der Waals surface area contributed by atoms with Crippen molar-refractivity contribution in [2.45, 2.75) is 6.54 Å². The molecule has 1 heterocycles. The predicted octanol–water partition coefficient (Wildman–Crippen LogP) is 3.46. The molecule has 1 aromatic heterocycles. The topological polar surface area (TPSA) is 34.1 Å². The zero-order chi connectivity index (χ0) is 12.1. The van der Waals surface area contributed by atoms with Gasteiger partial charge in [0.25, 0.3) is 0 Å². The molecule has 0 amide bonds. The second-order valence-corrected chi connectivity index (χ2v) is 4.39. The molecule has 0 unspecified atom stereocenters. The molecule has 2 aromatic rings. The van der Waals surface area contributed by atoms with Crippen LogP contribution in [0.5, 0.6) is 5.75 Å². The maximum absolute atomic E-state index is 5.11. The summed E-state index contributed by atoms with van der Waals surface area (Å²) in [5.74, 6) is 1.72. The SMILES string of the molecule is COc1ccc(CNc2ncccc2Br)cc1. The monoisotopic (exact) mass is 292 g/mol. The quantitative estimate of drug-likeness (QED) is 0.937. The molecule has 0 aliphatic rings. The summed E-state index contributed by atoms with van der Waals surface area (Å²) in [4.78, 5) is 4.24. The number of nitrogens with zero attached hydrogens (tertiary/aromatic N) is 1. The third kappa shape index (κ3) is 3.20. The summed E-state index contributed by atoms with van der Waals surface area (Å²) in [5, 5.41) is 3.27. The molecule has 0 fully saturated rings. The first-order valence-electron chi connectivity index (χ1n) is 5.27. The van der Waals surface area contributed by atoms with Crippen LogP contribution in [0.2, 0.25) is 0 Å². The van der Waals surface area contributed by atoms with Gasteiger partial charge >= 0.3 is 0 Å². The summed E-state index contributed by atoms with van der Waals surface area (Å²) < 4.78 is 6.08. The van der Waals surface area contributed by atoms with E-state index < -0.39 is 0 Å². The molecule has 0 saturated heterocycles. The van der Waals surface area contributed by atoms with Gasteiger partial charge in [-0.15, -0.1) is 0 Å². The van der Waals surface area contributed by atoms with Gasteiger partial charge in [-0.25, -0.2) is 4.98 Å². The van der Waals surface area contributed by atoms with Crippen molar-refractivity contribution in [2.75, 3.05) is 12.4 Å². The standard InChI is InChI=1S/C13H13BrN2O/c1-17-11-6-4-10(5-7-11)9-16-13-12(14)3-2-8-15-13/h2-8H,9H2,1H3,(H,15,16). The lowest BCUT2D eigenvalue weighted by atomic mass is 10.2. The summed E-state index contributed by atoms with van der Waals surface area (Å²) in [7, 11) is 1.66. The van der Waals surface area contributed by atoms with Crippen molar-refractivity contribution in [2.24, 2.45) is 0 Å². The van der Waals surface area contributed by atoms with E-state index in [-0.39, 0.29) is 0 Å². The fraction of sp³-hybridized carbons (Fsp3) is 0.154. The van der Waals surface area contributed by atoms with Crippen molar-refractivity contribution >= 4 is 21.7 Å². The maximum Gasteiger partial charge on any atom is 0.140 e.